The minimum absolute atomic E-state index is 0.0101. The van der Waals surface area contributed by atoms with Crippen LogP contribution in [0.1, 0.15) is 15.9 Å². The van der Waals surface area contributed by atoms with Gasteiger partial charge in [0.05, 0.1) is 12.0 Å². The number of hydrogen-bond donors (Lipinski definition) is 2. The number of carbonyl (C=O) groups is 3. The van der Waals surface area contributed by atoms with Crippen molar-refractivity contribution in [2.75, 3.05) is 6.61 Å². The van der Waals surface area contributed by atoms with E-state index in [1.165, 1.54) is 18.2 Å². The van der Waals surface area contributed by atoms with E-state index in [0.717, 1.165) is 22.4 Å². The highest BCUT2D eigenvalue weighted by Gasteiger charge is 2.13. The summed E-state index contributed by atoms with van der Waals surface area (Å²) in [5, 5.41) is 1.94. The van der Waals surface area contributed by atoms with Crippen molar-refractivity contribution in [1.29, 1.82) is 0 Å². The SMILES string of the molecule is O=C(COC(=O)Cc1cccc2ccccc12)NNC(=O)c1ccccc1F. The lowest BCUT2D eigenvalue weighted by Gasteiger charge is -2.09. The number of carbonyl (C=O) groups excluding carboxylic acids is 3. The van der Waals surface area contributed by atoms with Crippen LogP contribution in [0.15, 0.2) is 66.7 Å². The van der Waals surface area contributed by atoms with Crippen LogP contribution < -0.4 is 10.9 Å². The highest BCUT2D eigenvalue weighted by molar-refractivity contribution is 5.96. The van der Waals surface area contributed by atoms with Gasteiger partial charge in [0.2, 0.25) is 0 Å². The highest BCUT2D eigenvalue weighted by atomic mass is 19.1. The molecule has 7 heteroatoms. The number of fused-ring (bicyclic) bond motifs is 1. The summed E-state index contributed by atoms with van der Waals surface area (Å²) < 4.78 is 18.4. The molecule has 0 saturated heterocycles. The van der Waals surface area contributed by atoms with Crippen molar-refractivity contribution in [2.45, 2.75) is 6.42 Å². The summed E-state index contributed by atoms with van der Waals surface area (Å²) in [4.78, 5) is 35.6. The fourth-order valence-corrected chi connectivity index (χ4v) is 2.67. The maximum absolute atomic E-state index is 13.5. The zero-order valence-corrected chi connectivity index (χ0v) is 14.8. The van der Waals surface area contributed by atoms with E-state index in [1.54, 1.807) is 0 Å². The maximum Gasteiger partial charge on any atom is 0.310 e. The lowest BCUT2D eigenvalue weighted by molar-refractivity contribution is -0.148. The molecule has 0 aromatic heterocycles. The molecule has 0 saturated carbocycles. The van der Waals surface area contributed by atoms with Crippen LogP contribution in [0.4, 0.5) is 4.39 Å². The van der Waals surface area contributed by atoms with Crippen molar-refractivity contribution in [3.05, 3.63) is 83.7 Å². The van der Waals surface area contributed by atoms with Crippen molar-refractivity contribution in [3.63, 3.8) is 0 Å². The molecule has 0 aliphatic carbocycles. The predicted octanol–water partition coefficient (Wildman–Crippen LogP) is 2.53. The monoisotopic (exact) mass is 380 g/mol. The first-order valence-corrected chi connectivity index (χ1v) is 8.50. The number of amides is 2. The van der Waals surface area contributed by atoms with Gasteiger partial charge in [0.1, 0.15) is 5.82 Å². The molecule has 3 rings (SSSR count). The third-order valence-electron chi connectivity index (χ3n) is 4.01. The van der Waals surface area contributed by atoms with Crippen LogP contribution in [0.2, 0.25) is 0 Å². The Balaban J connectivity index is 1.48. The van der Waals surface area contributed by atoms with Gasteiger partial charge in [0.15, 0.2) is 6.61 Å². The summed E-state index contributed by atoms with van der Waals surface area (Å²) in [6.07, 6.45) is 0.0101. The molecule has 0 atom stereocenters. The van der Waals surface area contributed by atoms with E-state index in [0.29, 0.717) is 0 Å². The first-order valence-electron chi connectivity index (χ1n) is 8.50. The molecule has 2 amide bonds. The lowest BCUT2D eigenvalue weighted by atomic mass is 10.0. The summed E-state index contributed by atoms with van der Waals surface area (Å²) in [5.41, 5.74) is 4.72. The average molecular weight is 380 g/mol. The van der Waals surface area contributed by atoms with Crippen LogP contribution in [-0.2, 0) is 20.7 Å². The van der Waals surface area contributed by atoms with Gasteiger partial charge in [-0.25, -0.2) is 4.39 Å². The number of rotatable bonds is 5. The van der Waals surface area contributed by atoms with Crippen LogP contribution in [-0.4, -0.2) is 24.4 Å². The molecule has 0 aliphatic heterocycles. The summed E-state index contributed by atoms with van der Waals surface area (Å²) in [6.45, 7) is -0.568. The third-order valence-corrected chi connectivity index (χ3v) is 4.01. The summed E-state index contributed by atoms with van der Waals surface area (Å²) in [6, 6.07) is 18.6. The van der Waals surface area contributed by atoms with E-state index in [-0.39, 0.29) is 12.0 Å². The molecule has 0 aliphatic rings. The van der Waals surface area contributed by atoms with Gasteiger partial charge in [-0.1, -0.05) is 54.6 Å². The van der Waals surface area contributed by atoms with Crippen LogP contribution in [0.25, 0.3) is 10.8 Å². The summed E-state index contributed by atoms with van der Waals surface area (Å²) in [7, 11) is 0. The van der Waals surface area contributed by atoms with Gasteiger partial charge in [0.25, 0.3) is 11.8 Å². The molecule has 0 unspecified atom stereocenters. The van der Waals surface area contributed by atoms with Crippen LogP contribution >= 0.6 is 0 Å². The van der Waals surface area contributed by atoms with Gasteiger partial charge in [-0.05, 0) is 28.5 Å². The van der Waals surface area contributed by atoms with E-state index in [4.69, 9.17) is 4.74 Å². The van der Waals surface area contributed by atoms with Crippen molar-refractivity contribution in [3.8, 4) is 0 Å². The maximum atomic E-state index is 13.5. The molecule has 0 radical (unpaired) electrons. The Morgan fingerprint density at radius 1 is 0.857 bits per heavy atom. The fraction of sp³-hybridized carbons (Fsp3) is 0.0952. The minimum Gasteiger partial charge on any atom is -0.455 e. The molecule has 0 heterocycles. The Morgan fingerprint density at radius 3 is 2.39 bits per heavy atom. The smallest absolute Gasteiger partial charge is 0.310 e. The number of ether oxygens (including phenoxy) is 1. The summed E-state index contributed by atoms with van der Waals surface area (Å²) in [5.74, 6) is -2.84. The van der Waals surface area contributed by atoms with Crippen molar-refractivity contribution in [1.82, 2.24) is 10.9 Å². The zero-order chi connectivity index (χ0) is 19.9. The van der Waals surface area contributed by atoms with E-state index in [2.05, 4.69) is 10.9 Å². The fourth-order valence-electron chi connectivity index (χ4n) is 2.67. The number of esters is 1. The second kappa shape index (κ2) is 8.77. The molecule has 3 aromatic rings. The van der Waals surface area contributed by atoms with Crippen molar-refractivity contribution >= 4 is 28.6 Å². The molecule has 0 bridgehead atoms. The van der Waals surface area contributed by atoms with E-state index >= 15 is 0 Å². The number of benzene rings is 3. The van der Waals surface area contributed by atoms with E-state index < -0.39 is 30.2 Å². The van der Waals surface area contributed by atoms with Gasteiger partial charge in [-0.15, -0.1) is 0 Å². The topological polar surface area (TPSA) is 84.5 Å². The van der Waals surface area contributed by atoms with Crippen LogP contribution in [0.5, 0.6) is 0 Å². The van der Waals surface area contributed by atoms with E-state index in [9.17, 15) is 18.8 Å². The molecule has 6 nitrogen and oxygen atoms in total. The normalized spacial score (nSPS) is 10.3. The molecule has 0 fully saturated rings. The molecule has 28 heavy (non-hydrogen) atoms. The van der Waals surface area contributed by atoms with E-state index in [1.807, 2.05) is 42.5 Å². The Bertz CT molecular complexity index is 1030. The Kier molecular flexibility index (Phi) is 5.96. The Labute approximate surface area is 160 Å². The van der Waals surface area contributed by atoms with Gasteiger partial charge in [-0.3, -0.25) is 25.2 Å². The predicted molar refractivity (Wildman–Crippen MR) is 101 cm³/mol. The number of hydrogen-bond acceptors (Lipinski definition) is 4. The van der Waals surface area contributed by atoms with Gasteiger partial charge in [0, 0.05) is 0 Å². The standard InChI is InChI=1S/C21H17FN2O4/c22-18-11-4-3-10-17(18)21(27)24-23-19(25)13-28-20(26)12-15-8-5-7-14-6-1-2-9-16(14)15/h1-11H,12-13H2,(H,23,25)(H,24,27). The molecule has 0 spiro atoms. The number of hydrazine groups is 1. The molecular formula is C21H17FN2O4. The second-order valence-corrected chi connectivity index (χ2v) is 5.96. The van der Waals surface area contributed by atoms with Gasteiger partial charge >= 0.3 is 5.97 Å². The minimum atomic E-state index is -0.812. The molecule has 142 valence electrons. The van der Waals surface area contributed by atoms with Crippen molar-refractivity contribution in [2.24, 2.45) is 0 Å². The van der Waals surface area contributed by atoms with Gasteiger partial charge < -0.3 is 4.74 Å². The zero-order valence-electron chi connectivity index (χ0n) is 14.8. The Morgan fingerprint density at radius 2 is 1.57 bits per heavy atom. The molecule has 2 N–H and O–H groups in total. The molecule has 3 aromatic carbocycles. The lowest BCUT2D eigenvalue weighted by Crippen LogP contribution is -2.43. The largest absolute Gasteiger partial charge is 0.455 e. The highest BCUT2D eigenvalue weighted by Crippen LogP contribution is 2.19. The first-order chi connectivity index (χ1) is 13.5. The quantitative estimate of drug-likeness (QED) is 0.526. The first kappa shape index (κ1) is 19.0. The third kappa shape index (κ3) is 4.70. The van der Waals surface area contributed by atoms with Gasteiger partial charge in [-0.2, -0.15) is 0 Å². The van der Waals surface area contributed by atoms with Crippen LogP contribution in [0, 0.1) is 5.82 Å². The Hall–Kier alpha value is -3.74. The average Bonchev–Trinajstić information content (AvgIpc) is 2.71. The molecular weight excluding hydrogens is 363 g/mol. The van der Waals surface area contributed by atoms with Crippen molar-refractivity contribution < 1.29 is 23.5 Å². The number of nitrogens with one attached hydrogen (secondary N) is 2. The summed E-state index contributed by atoms with van der Waals surface area (Å²) >= 11 is 0. The second-order valence-electron chi connectivity index (χ2n) is 5.96. The van der Waals surface area contributed by atoms with Crippen LogP contribution in [0.3, 0.4) is 0 Å². The number of halogens is 1.